The molecular formula is C19H24Cl2N2O. The molecule has 0 fully saturated rings. The minimum atomic E-state index is 0.0827. The standard InChI is InChI=1S/C19H24Cl2N2O/c1-6-16-18(14-9-8-13(20)10-15(14)21)22-17(7-2)19(23-16)24-12(5)11(3)4/h8-12H,6-7H2,1-5H3. The molecule has 130 valence electrons. The van der Waals surface area contributed by atoms with Crippen molar-refractivity contribution in [1.29, 1.82) is 0 Å². The summed E-state index contributed by atoms with van der Waals surface area (Å²) < 4.78 is 6.05. The lowest BCUT2D eigenvalue weighted by atomic mass is 10.1. The average Bonchev–Trinajstić information content (AvgIpc) is 2.54. The molecule has 2 aromatic rings. The number of rotatable bonds is 6. The number of aryl methyl sites for hydroxylation is 2. The molecule has 1 heterocycles. The van der Waals surface area contributed by atoms with Crippen molar-refractivity contribution in [1.82, 2.24) is 9.97 Å². The number of benzene rings is 1. The maximum Gasteiger partial charge on any atom is 0.236 e. The summed E-state index contributed by atoms with van der Waals surface area (Å²) in [6, 6.07) is 5.45. The summed E-state index contributed by atoms with van der Waals surface area (Å²) in [5.41, 5.74) is 3.38. The van der Waals surface area contributed by atoms with Gasteiger partial charge in [0.2, 0.25) is 5.88 Å². The van der Waals surface area contributed by atoms with Crippen LogP contribution in [0.3, 0.4) is 0 Å². The monoisotopic (exact) mass is 366 g/mol. The van der Waals surface area contributed by atoms with Crippen molar-refractivity contribution in [2.24, 2.45) is 5.92 Å². The molecule has 0 radical (unpaired) electrons. The Balaban J connectivity index is 2.54. The lowest BCUT2D eigenvalue weighted by Gasteiger charge is -2.20. The van der Waals surface area contributed by atoms with Crippen LogP contribution in [0.4, 0.5) is 0 Å². The summed E-state index contributed by atoms with van der Waals surface area (Å²) in [5, 5.41) is 1.19. The topological polar surface area (TPSA) is 35.0 Å². The van der Waals surface area contributed by atoms with Crippen molar-refractivity contribution in [2.75, 3.05) is 0 Å². The van der Waals surface area contributed by atoms with E-state index in [9.17, 15) is 0 Å². The number of ether oxygens (including phenoxy) is 1. The largest absolute Gasteiger partial charge is 0.473 e. The van der Waals surface area contributed by atoms with E-state index in [1.807, 2.05) is 12.1 Å². The summed E-state index contributed by atoms with van der Waals surface area (Å²) >= 11 is 12.4. The van der Waals surface area contributed by atoms with E-state index in [0.29, 0.717) is 21.8 Å². The van der Waals surface area contributed by atoms with Gasteiger partial charge in [0.1, 0.15) is 5.69 Å². The predicted octanol–water partition coefficient (Wildman–Crippen LogP) is 6.00. The first-order valence-corrected chi connectivity index (χ1v) is 9.14. The fourth-order valence-corrected chi connectivity index (χ4v) is 2.77. The molecule has 0 aliphatic heterocycles. The SMILES string of the molecule is CCc1nc(-c2ccc(Cl)cc2Cl)c(CC)nc1OC(C)C(C)C. The van der Waals surface area contributed by atoms with Gasteiger partial charge in [0.15, 0.2) is 0 Å². The van der Waals surface area contributed by atoms with Crippen LogP contribution in [0, 0.1) is 5.92 Å². The zero-order valence-electron chi connectivity index (χ0n) is 14.9. The third kappa shape index (κ3) is 4.20. The van der Waals surface area contributed by atoms with Gasteiger partial charge in [-0.3, -0.25) is 0 Å². The lowest BCUT2D eigenvalue weighted by molar-refractivity contribution is 0.160. The van der Waals surface area contributed by atoms with Gasteiger partial charge in [0.05, 0.1) is 22.5 Å². The molecule has 0 N–H and O–H groups in total. The molecule has 24 heavy (non-hydrogen) atoms. The van der Waals surface area contributed by atoms with Crippen LogP contribution in [-0.2, 0) is 12.8 Å². The average molecular weight is 367 g/mol. The highest BCUT2D eigenvalue weighted by atomic mass is 35.5. The first-order chi connectivity index (χ1) is 11.4. The van der Waals surface area contributed by atoms with Gasteiger partial charge in [-0.25, -0.2) is 9.97 Å². The van der Waals surface area contributed by atoms with Crippen molar-refractivity contribution < 1.29 is 4.74 Å². The molecule has 0 aliphatic carbocycles. The number of nitrogens with zero attached hydrogens (tertiary/aromatic N) is 2. The van der Waals surface area contributed by atoms with Crippen LogP contribution in [0.25, 0.3) is 11.3 Å². The van der Waals surface area contributed by atoms with Gasteiger partial charge in [-0.05, 0) is 43.9 Å². The van der Waals surface area contributed by atoms with Crippen LogP contribution < -0.4 is 4.74 Å². The third-order valence-electron chi connectivity index (χ3n) is 4.10. The van der Waals surface area contributed by atoms with Crippen LogP contribution in [0.2, 0.25) is 10.0 Å². The normalized spacial score (nSPS) is 12.5. The highest BCUT2D eigenvalue weighted by Crippen LogP contribution is 2.33. The molecule has 0 bridgehead atoms. The molecule has 0 saturated heterocycles. The third-order valence-corrected chi connectivity index (χ3v) is 4.64. The molecule has 0 saturated carbocycles. The quantitative estimate of drug-likeness (QED) is 0.628. The molecule has 1 aromatic carbocycles. The van der Waals surface area contributed by atoms with Crippen LogP contribution in [0.5, 0.6) is 5.88 Å². The Kier molecular flexibility index (Phi) is 6.47. The summed E-state index contributed by atoms with van der Waals surface area (Å²) in [6.45, 7) is 10.4. The van der Waals surface area contributed by atoms with Gasteiger partial charge in [-0.2, -0.15) is 0 Å². The van der Waals surface area contributed by atoms with Crippen LogP contribution in [0.15, 0.2) is 18.2 Å². The van der Waals surface area contributed by atoms with Gasteiger partial charge in [0, 0.05) is 10.6 Å². The molecule has 3 nitrogen and oxygen atoms in total. The molecule has 1 aromatic heterocycles. The van der Waals surface area contributed by atoms with Crippen molar-refractivity contribution in [2.45, 2.75) is 53.6 Å². The molecule has 5 heteroatoms. The Hall–Kier alpha value is -1.32. The number of hydrogen-bond acceptors (Lipinski definition) is 3. The second-order valence-electron chi connectivity index (χ2n) is 6.17. The number of aromatic nitrogens is 2. The van der Waals surface area contributed by atoms with Crippen molar-refractivity contribution in [3.63, 3.8) is 0 Å². The van der Waals surface area contributed by atoms with Gasteiger partial charge in [0.25, 0.3) is 0 Å². The summed E-state index contributed by atoms with van der Waals surface area (Å²) in [6.07, 6.45) is 1.58. The first-order valence-electron chi connectivity index (χ1n) is 8.39. The Morgan fingerprint density at radius 3 is 2.21 bits per heavy atom. The van der Waals surface area contributed by atoms with E-state index in [0.717, 1.165) is 35.5 Å². The van der Waals surface area contributed by atoms with Gasteiger partial charge in [-0.15, -0.1) is 0 Å². The Bertz CT molecular complexity index is 717. The smallest absolute Gasteiger partial charge is 0.236 e. The Morgan fingerprint density at radius 2 is 1.67 bits per heavy atom. The van der Waals surface area contributed by atoms with E-state index in [1.165, 1.54) is 0 Å². The first kappa shape index (κ1) is 19.0. The van der Waals surface area contributed by atoms with E-state index in [-0.39, 0.29) is 6.10 Å². The minimum Gasteiger partial charge on any atom is -0.473 e. The summed E-state index contributed by atoms with van der Waals surface area (Å²) in [7, 11) is 0. The van der Waals surface area contributed by atoms with Crippen molar-refractivity contribution in [3.05, 3.63) is 39.6 Å². The highest BCUT2D eigenvalue weighted by Gasteiger charge is 2.19. The van der Waals surface area contributed by atoms with E-state index >= 15 is 0 Å². The molecule has 1 atom stereocenters. The van der Waals surface area contributed by atoms with Gasteiger partial charge in [-0.1, -0.05) is 50.9 Å². The Morgan fingerprint density at radius 1 is 1.00 bits per heavy atom. The molecule has 0 spiro atoms. The highest BCUT2D eigenvalue weighted by molar-refractivity contribution is 6.36. The maximum atomic E-state index is 6.37. The van der Waals surface area contributed by atoms with Crippen molar-refractivity contribution in [3.8, 4) is 17.1 Å². The predicted molar refractivity (Wildman–Crippen MR) is 101 cm³/mol. The lowest BCUT2D eigenvalue weighted by Crippen LogP contribution is -2.21. The van der Waals surface area contributed by atoms with E-state index in [2.05, 4.69) is 34.6 Å². The molecule has 0 aliphatic rings. The van der Waals surface area contributed by atoms with Crippen LogP contribution >= 0.6 is 23.2 Å². The zero-order chi connectivity index (χ0) is 17.9. The van der Waals surface area contributed by atoms with Crippen LogP contribution in [-0.4, -0.2) is 16.1 Å². The maximum absolute atomic E-state index is 6.37. The minimum absolute atomic E-state index is 0.0827. The number of halogens is 2. The molecule has 2 rings (SSSR count). The zero-order valence-corrected chi connectivity index (χ0v) is 16.4. The molecule has 0 amide bonds. The van der Waals surface area contributed by atoms with Gasteiger partial charge < -0.3 is 4.74 Å². The fraction of sp³-hybridized carbons (Fsp3) is 0.474. The molecular weight excluding hydrogens is 343 g/mol. The second-order valence-corrected chi connectivity index (χ2v) is 7.01. The summed E-state index contributed by atoms with van der Waals surface area (Å²) in [4.78, 5) is 9.57. The van der Waals surface area contributed by atoms with Gasteiger partial charge >= 0.3 is 0 Å². The van der Waals surface area contributed by atoms with E-state index in [1.54, 1.807) is 6.07 Å². The van der Waals surface area contributed by atoms with E-state index in [4.69, 9.17) is 37.9 Å². The van der Waals surface area contributed by atoms with Crippen LogP contribution in [0.1, 0.15) is 46.0 Å². The summed E-state index contributed by atoms with van der Waals surface area (Å²) in [5.74, 6) is 1.04. The molecule has 1 unspecified atom stereocenters. The van der Waals surface area contributed by atoms with E-state index < -0.39 is 0 Å². The second kappa shape index (κ2) is 8.17. The fourth-order valence-electron chi connectivity index (χ4n) is 2.27. The number of hydrogen-bond donors (Lipinski definition) is 0. The Labute approximate surface area is 154 Å². The van der Waals surface area contributed by atoms with Crippen molar-refractivity contribution >= 4 is 23.2 Å².